The summed E-state index contributed by atoms with van der Waals surface area (Å²) in [6.07, 6.45) is 4.33. The summed E-state index contributed by atoms with van der Waals surface area (Å²) in [5.74, 6) is -0.120. The van der Waals surface area contributed by atoms with Crippen LogP contribution in [0.2, 0.25) is 0 Å². The molecule has 0 spiro atoms. The van der Waals surface area contributed by atoms with Gasteiger partial charge >= 0.3 is 0 Å². The number of nitrogens with one attached hydrogen (secondary N) is 1. The van der Waals surface area contributed by atoms with Crippen molar-refractivity contribution in [1.29, 1.82) is 0 Å². The monoisotopic (exact) mass is 395 g/mol. The minimum Gasteiger partial charge on any atom is -0.381 e. The van der Waals surface area contributed by atoms with Gasteiger partial charge in [0, 0.05) is 37.1 Å². The van der Waals surface area contributed by atoms with E-state index in [1.54, 1.807) is 12.1 Å². The number of hydrogen-bond acceptors (Lipinski definition) is 4. The van der Waals surface area contributed by atoms with Crippen molar-refractivity contribution in [3.05, 3.63) is 29.3 Å². The van der Waals surface area contributed by atoms with Gasteiger partial charge in [0.25, 0.3) is 5.91 Å². The van der Waals surface area contributed by atoms with Gasteiger partial charge in [0.15, 0.2) is 0 Å². The Hall–Kier alpha value is -1.63. The van der Waals surface area contributed by atoms with Gasteiger partial charge in [0.05, 0.1) is 0 Å². The Morgan fingerprint density at radius 3 is 2.59 bits per heavy atom. The van der Waals surface area contributed by atoms with E-state index in [1.165, 1.54) is 6.42 Å². The van der Waals surface area contributed by atoms with Crippen LogP contribution in [0.5, 0.6) is 0 Å². The largest absolute Gasteiger partial charge is 0.381 e. The molecule has 0 aliphatic carbocycles. The molecule has 2 aliphatic rings. The topological polar surface area (TPSA) is 84.7 Å². The summed E-state index contributed by atoms with van der Waals surface area (Å²) in [5.41, 5.74) is 7.59. The minimum atomic E-state index is -0.886. The first kappa shape index (κ1) is 21.7. The van der Waals surface area contributed by atoms with Gasteiger partial charge < -0.3 is 20.7 Å². The SMILES string of the molecule is Cc1cc(C(=O)N2CCCCC2C)ccc1NC(=O)C1(N)CCOCC1.Cl. The molecule has 3 rings (SSSR count). The smallest absolute Gasteiger partial charge is 0.254 e. The van der Waals surface area contributed by atoms with Crippen LogP contribution in [-0.2, 0) is 9.53 Å². The number of nitrogens with two attached hydrogens (primary N) is 1. The highest BCUT2D eigenvalue weighted by atomic mass is 35.5. The molecule has 2 saturated heterocycles. The van der Waals surface area contributed by atoms with Crippen molar-refractivity contribution in [2.75, 3.05) is 25.1 Å². The number of piperidine rings is 1. The normalized spacial score (nSPS) is 21.9. The zero-order chi connectivity index (χ0) is 18.7. The fourth-order valence-corrected chi connectivity index (χ4v) is 3.71. The van der Waals surface area contributed by atoms with E-state index in [9.17, 15) is 9.59 Å². The number of halogens is 1. The van der Waals surface area contributed by atoms with E-state index < -0.39 is 5.54 Å². The molecule has 0 bridgehead atoms. The van der Waals surface area contributed by atoms with Crippen LogP contribution < -0.4 is 11.1 Å². The summed E-state index contributed by atoms with van der Waals surface area (Å²) < 4.78 is 5.30. The number of rotatable bonds is 3. The first-order valence-electron chi connectivity index (χ1n) is 9.50. The quantitative estimate of drug-likeness (QED) is 0.824. The molecule has 7 heteroatoms. The van der Waals surface area contributed by atoms with Crippen molar-refractivity contribution in [3.8, 4) is 0 Å². The van der Waals surface area contributed by atoms with E-state index in [1.807, 2.05) is 17.9 Å². The van der Waals surface area contributed by atoms with Crippen LogP contribution in [0.25, 0.3) is 0 Å². The van der Waals surface area contributed by atoms with Crippen LogP contribution in [-0.4, -0.2) is 48.1 Å². The zero-order valence-electron chi connectivity index (χ0n) is 16.1. The molecule has 2 fully saturated rings. The van der Waals surface area contributed by atoms with Crippen molar-refractivity contribution >= 4 is 29.9 Å². The Kier molecular flexibility index (Phi) is 7.25. The Morgan fingerprint density at radius 1 is 1.26 bits per heavy atom. The maximum Gasteiger partial charge on any atom is 0.254 e. The summed E-state index contributed by atoms with van der Waals surface area (Å²) >= 11 is 0. The van der Waals surface area contributed by atoms with Crippen LogP contribution in [0, 0.1) is 6.92 Å². The number of nitrogens with zero attached hydrogens (tertiary/aromatic N) is 1. The Bertz CT molecular complexity index is 689. The summed E-state index contributed by atoms with van der Waals surface area (Å²) in [4.78, 5) is 27.3. The maximum absolute atomic E-state index is 12.8. The number of likely N-dealkylation sites (tertiary alicyclic amines) is 1. The molecule has 2 heterocycles. The third-order valence-electron chi connectivity index (χ3n) is 5.62. The fraction of sp³-hybridized carbons (Fsp3) is 0.600. The number of carbonyl (C=O) groups is 2. The van der Waals surface area contributed by atoms with Crippen LogP contribution in [0.15, 0.2) is 18.2 Å². The highest BCUT2D eigenvalue weighted by Crippen LogP contribution is 2.24. The lowest BCUT2D eigenvalue weighted by atomic mass is 9.90. The number of carbonyl (C=O) groups excluding carboxylic acids is 2. The number of aryl methyl sites for hydroxylation is 1. The highest BCUT2D eigenvalue weighted by molar-refractivity contribution is 6.00. The molecular weight excluding hydrogens is 366 g/mol. The molecule has 1 unspecified atom stereocenters. The molecule has 6 nitrogen and oxygen atoms in total. The van der Waals surface area contributed by atoms with Crippen molar-refractivity contribution in [2.45, 2.75) is 57.5 Å². The number of hydrogen-bond donors (Lipinski definition) is 2. The number of ether oxygens (including phenoxy) is 1. The standard InChI is InChI=1S/C20H29N3O3.ClH/c1-14-13-16(18(24)23-10-4-3-5-15(23)2)6-7-17(14)22-19(25)20(21)8-11-26-12-9-20;/h6-7,13,15H,3-5,8-12,21H2,1-2H3,(H,22,25);1H. The van der Waals surface area contributed by atoms with E-state index in [0.717, 1.165) is 24.9 Å². The third-order valence-corrected chi connectivity index (χ3v) is 5.62. The molecule has 1 aromatic carbocycles. The number of benzene rings is 1. The van der Waals surface area contributed by atoms with Gasteiger partial charge in [-0.3, -0.25) is 9.59 Å². The van der Waals surface area contributed by atoms with Crippen molar-refractivity contribution in [2.24, 2.45) is 5.73 Å². The van der Waals surface area contributed by atoms with Crippen LogP contribution in [0.3, 0.4) is 0 Å². The second kappa shape index (κ2) is 9.04. The molecule has 1 atom stereocenters. The average molecular weight is 396 g/mol. The van der Waals surface area contributed by atoms with E-state index in [0.29, 0.717) is 37.3 Å². The first-order valence-corrected chi connectivity index (χ1v) is 9.50. The molecule has 150 valence electrons. The molecule has 2 amide bonds. The molecule has 27 heavy (non-hydrogen) atoms. The van der Waals surface area contributed by atoms with Crippen LogP contribution in [0.4, 0.5) is 5.69 Å². The lowest BCUT2D eigenvalue weighted by Gasteiger charge is -2.33. The maximum atomic E-state index is 12.8. The van der Waals surface area contributed by atoms with Gasteiger partial charge in [0.2, 0.25) is 5.91 Å². The number of amides is 2. The molecule has 0 aromatic heterocycles. The van der Waals surface area contributed by atoms with E-state index in [-0.39, 0.29) is 30.3 Å². The molecule has 1 aromatic rings. The lowest BCUT2D eigenvalue weighted by Crippen LogP contribution is -2.54. The third kappa shape index (κ3) is 4.81. The van der Waals surface area contributed by atoms with E-state index in [4.69, 9.17) is 10.5 Å². The van der Waals surface area contributed by atoms with Crippen molar-refractivity contribution in [3.63, 3.8) is 0 Å². The van der Waals surface area contributed by atoms with Gasteiger partial charge in [-0.2, -0.15) is 0 Å². The lowest BCUT2D eigenvalue weighted by molar-refractivity contribution is -0.124. The summed E-state index contributed by atoms with van der Waals surface area (Å²) in [5, 5.41) is 2.93. The molecule has 0 radical (unpaired) electrons. The Labute approximate surface area is 167 Å². The summed E-state index contributed by atoms with van der Waals surface area (Å²) in [7, 11) is 0. The van der Waals surface area contributed by atoms with Gasteiger partial charge in [-0.05, 0) is 69.7 Å². The van der Waals surface area contributed by atoms with Crippen molar-refractivity contribution < 1.29 is 14.3 Å². The molecule has 3 N–H and O–H groups in total. The predicted molar refractivity (Wildman–Crippen MR) is 108 cm³/mol. The van der Waals surface area contributed by atoms with Gasteiger partial charge in [-0.15, -0.1) is 12.4 Å². The van der Waals surface area contributed by atoms with Gasteiger partial charge in [0.1, 0.15) is 5.54 Å². The highest BCUT2D eigenvalue weighted by Gasteiger charge is 2.36. The van der Waals surface area contributed by atoms with Crippen LogP contribution in [0.1, 0.15) is 54.9 Å². The molecular formula is C20H30ClN3O3. The Morgan fingerprint density at radius 2 is 1.96 bits per heavy atom. The average Bonchev–Trinajstić information content (AvgIpc) is 2.64. The summed E-state index contributed by atoms with van der Waals surface area (Å²) in [6.45, 7) is 5.83. The molecule has 0 saturated carbocycles. The van der Waals surface area contributed by atoms with Gasteiger partial charge in [-0.25, -0.2) is 0 Å². The fourth-order valence-electron chi connectivity index (χ4n) is 3.71. The second-order valence-corrected chi connectivity index (χ2v) is 7.60. The Balaban J connectivity index is 0.00000261. The van der Waals surface area contributed by atoms with Gasteiger partial charge in [-0.1, -0.05) is 0 Å². The van der Waals surface area contributed by atoms with E-state index in [2.05, 4.69) is 12.2 Å². The van der Waals surface area contributed by atoms with E-state index >= 15 is 0 Å². The second-order valence-electron chi connectivity index (χ2n) is 7.60. The zero-order valence-corrected chi connectivity index (χ0v) is 16.9. The van der Waals surface area contributed by atoms with Crippen LogP contribution >= 0.6 is 12.4 Å². The minimum absolute atomic E-state index is 0. The number of anilines is 1. The first-order chi connectivity index (χ1) is 12.4. The predicted octanol–water partition coefficient (Wildman–Crippen LogP) is 2.88. The van der Waals surface area contributed by atoms with Crippen molar-refractivity contribution in [1.82, 2.24) is 4.90 Å². The summed E-state index contributed by atoms with van der Waals surface area (Å²) in [6, 6.07) is 5.73. The molecule has 2 aliphatic heterocycles.